The molecule has 4 aromatic rings. The lowest BCUT2D eigenvalue weighted by molar-refractivity contribution is -0.139. The number of carbonyl (C=O) groups excluding carboxylic acids is 1. The van der Waals surface area contributed by atoms with Crippen LogP contribution in [-0.4, -0.2) is 24.3 Å². The first-order valence-corrected chi connectivity index (χ1v) is 15.1. The number of thiazole rings is 1. The first-order chi connectivity index (χ1) is 20.8. The molecule has 3 aromatic carbocycles. The number of nitrogens with zero attached hydrogens (tertiary/aromatic N) is 2. The zero-order chi connectivity index (χ0) is 30.5. The predicted molar refractivity (Wildman–Crippen MR) is 165 cm³/mol. The van der Waals surface area contributed by atoms with Gasteiger partial charge in [-0.05, 0) is 61.4 Å². The Morgan fingerprint density at radius 1 is 1.09 bits per heavy atom. The average Bonchev–Trinajstić information content (AvgIpc) is 3.31. The Bertz CT molecular complexity index is 1860. The van der Waals surface area contributed by atoms with Crippen molar-refractivity contribution in [2.45, 2.75) is 39.3 Å². The van der Waals surface area contributed by atoms with Gasteiger partial charge in [0.15, 0.2) is 4.80 Å². The second-order valence-corrected chi connectivity index (χ2v) is 11.2. The van der Waals surface area contributed by atoms with E-state index in [2.05, 4.69) is 0 Å². The SMILES string of the molecule is CCCC1=C(C(=O)OCC)[C@@H](c2cc(Cl)ccc2OC)n2c(s/c(=C/c3ccccc3OCc3ccc(F)cc3)c2=O)=N1. The maximum atomic E-state index is 14.2. The molecule has 0 unspecified atom stereocenters. The standard InChI is InChI=1S/C33H30ClFN2O5S/c1-4-8-25-29(32(39)41-5-2)30(24-18-22(34)13-16-27(24)40-3)37-31(38)28(43-33(37)36-25)17-21-9-6-7-10-26(21)42-19-20-11-14-23(35)15-12-20/h6-7,9-18,30H,4-5,8,19H2,1-3H3/b28-17+/t30-/m1/s1. The molecule has 0 radical (unpaired) electrons. The molecule has 2 heterocycles. The van der Waals surface area contributed by atoms with Crippen LogP contribution >= 0.6 is 22.9 Å². The molecule has 0 saturated carbocycles. The molecule has 5 rings (SSSR count). The van der Waals surface area contributed by atoms with Gasteiger partial charge in [-0.15, -0.1) is 0 Å². The molecule has 0 aliphatic carbocycles. The van der Waals surface area contributed by atoms with Gasteiger partial charge in [-0.3, -0.25) is 9.36 Å². The lowest BCUT2D eigenvalue weighted by atomic mass is 9.93. The van der Waals surface area contributed by atoms with Crippen LogP contribution in [-0.2, 0) is 16.1 Å². The van der Waals surface area contributed by atoms with Gasteiger partial charge in [-0.25, -0.2) is 14.2 Å². The second-order valence-electron chi connectivity index (χ2n) is 9.75. The Morgan fingerprint density at radius 2 is 1.86 bits per heavy atom. The minimum atomic E-state index is -0.863. The van der Waals surface area contributed by atoms with E-state index in [4.69, 9.17) is 30.8 Å². The zero-order valence-electron chi connectivity index (χ0n) is 23.9. The summed E-state index contributed by atoms with van der Waals surface area (Å²) in [5.41, 5.74) is 2.56. The van der Waals surface area contributed by atoms with Gasteiger partial charge in [0.2, 0.25) is 0 Å². The largest absolute Gasteiger partial charge is 0.496 e. The smallest absolute Gasteiger partial charge is 0.338 e. The van der Waals surface area contributed by atoms with Gasteiger partial charge in [0.05, 0.1) is 29.5 Å². The molecule has 0 saturated heterocycles. The van der Waals surface area contributed by atoms with Crippen molar-refractivity contribution in [1.82, 2.24) is 4.57 Å². The number of carbonyl (C=O) groups is 1. The van der Waals surface area contributed by atoms with Crippen LogP contribution in [0, 0.1) is 5.82 Å². The number of rotatable bonds is 10. The first kappa shape index (κ1) is 30.3. The zero-order valence-corrected chi connectivity index (χ0v) is 25.5. The van der Waals surface area contributed by atoms with Crippen LogP contribution in [0.1, 0.15) is 49.4 Å². The van der Waals surface area contributed by atoms with Gasteiger partial charge >= 0.3 is 5.97 Å². The Kier molecular flexibility index (Phi) is 9.43. The number of ether oxygens (including phenoxy) is 3. The Balaban J connectivity index is 1.67. The molecule has 1 atom stereocenters. The van der Waals surface area contributed by atoms with Crippen molar-refractivity contribution in [3.05, 3.63) is 125 Å². The highest BCUT2D eigenvalue weighted by atomic mass is 35.5. The van der Waals surface area contributed by atoms with Crippen LogP contribution in [0.5, 0.6) is 11.5 Å². The fourth-order valence-electron chi connectivity index (χ4n) is 4.95. The number of allylic oxidation sites excluding steroid dienone is 1. The van der Waals surface area contributed by atoms with Gasteiger partial charge in [0.1, 0.15) is 30.0 Å². The molecule has 0 amide bonds. The molecular formula is C33H30ClFN2O5S. The van der Waals surface area contributed by atoms with Crippen molar-refractivity contribution in [1.29, 1.82) is 0 Å². The summed E-state index contributed by atoms with van der Waals surface area (Å²) in [5.74, 6) is 0.171. The Hall–Kier alpha value is -4.21. The maximum Gasteiger partial charge on any atom is 0.338 e. The summed E-state index contributed by atoms with van der Waals surface area (Å²) >= 11 is 7.65. The molecule has 43 heavy (non-hydrogen) atoms. The van der Waals surface area contributed by atoms with E-state index in [1.807, 2.05) is 31.2 Å². The summed E-state index contributed by atoms with van der Waals surface area (Å²) in [6.07, 6.45) is 3.00. The molecule has 1 aliphatic heterocycles. The van der Waals surface area contributed by atoms with Crippen LogP contribution in [0.15, 0.2) is 87.8 Å². The second kappa shape index (κ2) is 13.4. The van der Waals surface area contributed by atoms with Crippen molar-refractivity contribution >= 4 is 35.0 Å². The van der Waals surface area contributed by atoms with Crippen molar-refractivity contribution in [3.63, 3.8) is 0 Å². The van der Waals surface area contributed by atoms with Crippen LogP contribution < -0.4 is 24.4 Å². The molecule has 7 nitrogen and oxygen atoms in total. The van der Waals surface area contributed by atoms with Crippen LogP contribution in [0.3, 0.4) is 0 Å². The quantitative estimate of drug-likeness (QED) is 0.205. The van der Waals surface area contributed by atoms with E-state index in [0.29, 0.717) is 49.1 Å². The lowest BCUT2D eigenvalue weighted by Gasteiger charge is -2.27. The number of halogens is 2. The Labute approximate surface area is 257 Å². The molecule has 222 valence electrons. The van der Waals surface area contributed by atoms with Crippen LogP contribution in [0.4, 0.5) is 4.39 Å². The van der Waals surface area contributed by atoms with Crippen molar-refractivity contribution in [3.8, 4) is 11.5 Å². The number of hydrogen-bond acceptors (Lipinski definition) is 7. The number of para-hydroxylation sites is 1. The molecule has 0 bridgehead atoms. The third-order valence-corrected chi connectivity index (χ3v) is 8.11. The average molecular weight is 621 g/mol. The van der Waals surface area contributed by atoms with E-state index >= 15 is 0 Å². The van der Waals surface area contributed by atoms with Gasteiger partial charge < -0.3 is 14.2 Å². The third-order valence-electron chi connectivity index (χ3n) is 6.89. The van der Waals surface area contributed by atoms with E-state index < -0.39 is 12.0 Å². The first-order valence-electron chi connectivity index (χ1n) is 13.9. The van der Waals surface area contributed by atoms with Crippen LogP contribution in [0.2, 0.25) is 5.02 Å². The number of methoxy groups -OCH3 is 1. The van der Waals surface area contributed by atoms with Gasteiger partial charge in [-0.1, -0.05) is 66.6 Å². The number of hydrogen-bond donors (Lipinski definition) is 0. The molecule has 0 N–H and O–H groups in total. The summed E-state index contributed by atoms with van der Waals surface area (Å²) < 4.78 is 32.4. The van der Waals surface area contributed by atoms with Crippen LogP contribution in [0.25, 0.3) is 6.08 Å². The molecule has 1 aromatic heterocycles. The normalized spacial score (nSPS) is 14.7. The van der Waals surface area contributed by atoms with Gasteiger partial charge in [-0.2, -0.15) is 0 Å². The molecule has 10 heteroatoms. The summed E-state index contributed by atoms with van der Waals surface area (Å²) in [7, 11) is 1.53. The Morgan fingerprint density at radius 3 is 2.58 bits per heavy atom. The fraction of sp³-hybridized carbons (Fsp3) is 0.242. The molecular weight excluding hydrogens is 591 g/mol. The van der Waals surface area contributed by atoms with E-state index in [9.17, 15) is 14.0 Å². The van der Waals surface area contributed by atoms with Crippen molar-refractivity contribution < 1.29 is 23.4 Å². The topological polar surface area (TPSA) is 79.1 Å². The van der Waals surface area contributed by atoms with E-state index in [1.165, 1.54) is 35.1 Å². The summed E-state index contributed by atoms with van der Waals surface area (Å²) in [5, 5.41) is 0.433. The maximum absolute atomic E-state index is 14.2. The number of benzene rings is 3. The number of aromatic nitrogens is 1. The number of fused-ring (bicyclic) bond motifs is 1. The molecule has 1 aliphatic rings. The fourth-order valence-corrected chi connectivity index (χ4v) is 6.14. The van der Waals surface area contributed by atoms with Gasteiger partial charge in [0, 0.05) is 16.1 Å². The summed E-state index contributed by atoms with van der Waals surface area (Å²) in [6, 6.07) is 17.7. The van der Waals surface area contributed by atoms with E-state index in [-0.39, 0.29) is 30.2 Å². The summed E-state index contributed by atoms with van der Waals surface area (Å²) in [4.78, 5) is 32.9. The van der Waals surface area contributed by atoms with E-state index in [0.717, 1.165) is 12.0 Å². The highest BCUT2D eigenvalue weighted by Crippen LogP contribution is 2.38. The third kappa shape index (κ3) is 6.43. The van der Waals surface area contributed by atoms with E-state index in [1.54, 1.807) is 43.3 Å². The minimum Gasteiger partial charge on any atom is -0.496 e. The lowest BCUT2D eigenvalue weighted by Crippen LogP contribution is -2.40. The number of esters is 1. The highest BCUT2D eigenvalue weighted by molar-refractivity contribution is 7.07. The van der Waals surface area contributed by atoms with Crippen molar-refractivity contribution in [2.75, 3.05) is 13.7 Å². The molecule has 0 spiro atoms. The summed E-state index contributed by atoms with van der Waals surface area (Å²) in [6.45, 7) is 4.13. The minimum absolute atomic E-state index is 0.167. The monoisotopic (exact) mass is 620 g/mol. The predicted octanol–water partition coefficient (Wildman–Crippen LogP) is 5.96. The molecule has 0 fully saturated rings. The van der Waals surface area contributed by atoms with Gasteiger partial charge in [0.25, 0.3) is 5.56 Å². The van der Waals surface area contributed by atoms with Crippen molar-refractivity contribution in [2.24, 2.45) is 4.99 Å². The highest BCUT2D eigenvalue weighted by Gasteiger charge is 2.36.